The highest BCUT2D eigenvalue weighted by molar-refractivity contribution is 7.80. The van der Waals surface area contributed by atoms with E-state index in [1.165, 1.54) is 99.7 Å². The van der Waals surface area contributed by atoms with Crippen LogP contribution in [0.1, 0.15) is 98.5 Å². The molecule has 0 amide bonds. The molecule has 0 N–H and O–H groups in total. The van der Waals surface area contributed by atoms with E-state index in [1.807, 2.05) is 138 Å². The Morgan fingerprint density at radius 2 is 0.635 bits per heavy atom. The summed E-state index contributed by atoms with van der Waals surface area (Å²) in [4.78, 5) is 0. The Bertz CT molecular complexity index is 2720. The molecule has 0 bridgehead atoms. The monoisotopic (exact) mass is 1220 g/mol. The SMILES string of the molecule is CCCCCS.Cc1ccc(C)cc1.Cc1ccc(Cl)cc1.Cc1ccc(F)cc1.Cc1cccc(C)c1.Cc1cccc(Cl)c1.Cc1cccc(F)c1.Cc1ccccc1.Cc1ccccc1C.Cc1ccccc1Cl.Cc1ccccc1F. The minimum Gasteiger partial charge on any atom is -0.207 e. The Hall–Kier alpha value is -6.79. The summed E-state index contributed by atoms with van der Waals surface area (Å²) < 4.78 is 36.6. The Labute approximate surface area is 532 Å². The summed E-state index contributed by atoms with van der Waals surface area (Å²) in [6.07, 6.45) is 3.92. The summed E-state index contributed by atoms with van der Waals surface area (Å²) in [5.74, 6) is 0.585. The standard InChI is InChI=1S/3C8H10.3C7H7Cl.3C7H7F.C7H8.C5H12S/c1-7-3-5-8(2)6-4-7;1-7-4-3-5-8(2)6-7;1-7-5-3-4-6-8(7)2;1-6-2-4-7(8)5-3-6;1-6-3-2-4-7(8)5-6;1-6-4-2-3-5-7(6)8;1-6-2-4-7(8)5-3-6;1-6-3-2-4-7(8)5-6;1-6-4-2-3-5-7(6)8;1-7-5-3-2-4-6-7;1-2-3-4-5-6/h3*3-6H,1-2H3;6*2-5H,1H3;2-6H,1H3;6H,2-5H2,1H3. The van der Waals surface area contributed by atoms with Gasteiger partial charge in [0.15, 0.2) is 0 Å². The number of benzene rings is 10. The number of halogens is 6. The molecule has 0 aliphatic heterocycles. The van der Waals surface area contributed by atoms with Crippen LogP contribution in [0, 0.1) is 107 Å². The van der Waals surface area contributed by atoms with E-state index in [1.54, 1.807) is 37.3 Å². The van der Waals surface area contributed by atoms with Crippen LogP contribution in [0.15, 0.2) is 249 Å². The summed E-state index contributed by atoms with van der Waals surface area (Å²) in [5, 5.41) is 2.45. The van der Waals surface area contributed by atoms with Crippen LogP contribution in [-0.2, 0) is 0 Å². The second-order valence-corrected chi connectivity index (χ2v) is 21.9. The predicted molar refractivity (Wildman–Crippen MR) is 374 cm³/mol. The normalized spacial score (nSPS) is 9.19. The average Bonchev–Trinajstić information content (AvgIpc) is 3.48. The molecule has 0 unspecified atom stereocenters. The van der Waals surface area contributed by atoms with Crippen LogP contribution in [-0.4, -0.2) is 5.75 Å². The molecule has 0 nitrogen and oxygen atoms in total. The molecule has 0 saturated carbocycles. The fourth-order valence-corrected chi connectivity index (χ4v) is 7.11. The zero-order chi connectivity index (χ0) is 63.8. The molecule has 0 atom stereocenters. The molecule has 0 aliphatic rings. The zero-order valence-electron chi connectivity index (χ0n) is 52.7. The molecule has 0 radical (unpaired) electrons. The van der Waals surface area contributed by atoms with Gasteiger partial charge in [-0.1, -0.05) is 282 Å². The molecule has 0 aromatic heterocycles. The van der Waals surface area contributed by atoms with E-state index in [0.717, 1.165) is 37.5 Å². The van der Waals surface area contributed by atoms with Crippen LogP contribution in [0.2, 0.25) is 15.1 Å². The van der Waals surface area contributed by atoms with E-state index in [9.17, 15) is 13.2 Å². The number of thiol groups is 1. The summed E-state index contributed by atoms with van der Waals surface area (Å²) in [6.45, 7) is 28.5. The molecule has 10 aromatic carbocycles. The molecule has 10 rings (SSSR count). The molecular weight excluding hydrogens is 1130 g/mol. The number of hydrogen-bond acceptors (Lipinski definition) is 1. The van der Waals surface area contributed by atoms with Crippen molar-refractivity contribution in [2.75, 3.05) is 5.75 Å². The first kappa shape index (κ1) is 78.2. The van der Waals surface area contributed by atoms with Gasteiger partial charge < -0.3 is 0 Å². The van der Waals surface area contributed by atoms with Crippen LogP contribution in [0.4, 0.5) is 13.2 Å². The highest BCUT2D eigenvalue weighted by Gasteiger charge is 1.91. The van der Waals surface area contributed by atoms with Gasteiger partial charge >= 0.3 is 0 Å². The molecule has 85 heavy (non-hydrogen) atoms. The Kier molecular flexibility index (Phi) is 45.5. The molecule has 10 aromatic rings. The molecule has 452 valence electrons. The van der Waals surface area contributed by atoms with Crippen molar-refractivity contribution in [3.63, 3.8) is 0 Å². The molecule has 0 aliphatic carbocycles. The first-order chi connectivity index (χ1) is 40.4. The number of aryl methyl sites for hydroxylation is 13. The molecule has 0 heterocycles. The quantitative estimate of drug-likeness (QED) is 0.132. The van der Waals surface area contributed by atoms with Crippen molar-refractivity contribution < 1.29 is 13.2 Å². The molecule has 0 saturated heterocycles. The Balaban J connectivity index is 0.000000914. The smallest absolute Gasteiger partial charge is 0.126 e. The Morgan fingerprint density at radius 3 is 0.882 bits per heavy atom. The minimum absolute atomic E-state index is 0.132. The Morgan fingerprint density at radius 1 is 0.282 bits per heavy atom. The van der Waals surface area contributed by atoms with E-state index in [-0.39, 0.29) is 17.5 Å². The third kappa shape index (κ3) is 46.2. The topological polar surface area (TPSA) is 0 Å². The second kappa shape index (κ2) is 49.5. The highest BCUT2D eigenvalue weighted by Crippen LogP contribution is 2.13. The predicted octanol–water partition coefficient (Wildman–Crippen LogP) is 25.4. The summed E-state index contributed by atoms with van der Waals surface area (Å²) in [5.41, 5.74) is 15.7. The number of rotatable bonds is 3. The first-order valence-corrected chi connectivity index (χ1v) is 30.2. The van der Waals surface area contributed by atoms with E-state index < -0.39 is 0 Å². The fourth-order valence-electron chi connectivity index (χ4n) is 6.38. The van der Waals surface area contributed by atoms with Gasteiger partial charge in [0.25, 0.3) is 0 Å². The van der Waals surface area contributed by atoms with E-state index >= 15 is 0 Å². The molecule has 7 heteroatoms. The van der Waals surface area contributed by atoms with E-state index in [2.05, 4.69) is 153 Å². The molecule has 0 spiro atoms. The van der Waals surface area contributed by atoms with Gasteiger partial charge in [-0.15, -0.1) is 0 Å². The van der Waals surface area contributed by atoms with Crippen molar-refractivity contribution in [2.24, 2.45) is 0 Å². The maximum Gasteiger partial charge on any atom is 0.126 e. The maximum absolute atomic E-state index is 12.3. The van der Waals surface area contributed by atoms with Crippen molar-refractivity contribution in [3.05, 3.63) is 354 Å². The van der Waals surface area contributed by atoms with Gasteiger partial charge in [0, 0.05) is 15.1 Å². The van der Waals surface area contributed by atoms with Crippen LogP contribution in [0.25, 0.3) is 0 Å². The van der Waals surface area contributed by atoms with Crippen LogP contribution in [0.3, 0.4) is 0 Å². The van der Waals surface area contributed by atoms with Crippen molar-refractivity contribution in [3.8, 4) is 0 Å². The van der Waals surface area contributed by atoms with Crippen molar-refractivity contribution in [2.45, 2.75) is 116 Å². The summed E-state index contributed by atoms with van der Waals surface area (Å²) >= 11 is 21.0. The summed E-state index contributed by atoms with van der Waals surface area (Å²) in [7, 11) is 0. The van der Waals surface area contributed by atoms with Gasteiger partial charge in [0.05, 0.1) is 0 Å². The molecule has 0 fully saturated rings. The number of hydrogen-bond donors (Lipinski definition) is 1. The minimum atomic E-state index is -0.171. The third-order valence-corrected chi connectivity index (χ3v) is 12.9. The van der Waals surface area contributed by atoms with E-state index in [0.29, 0.717) is 5.56 Å². The van der Waals surface area contributed by atoms with Gasteiger partial charge in [-0.05, 0) is 196 Å². The highest BCUT2D eigenvalue weighted by atomic mass is 35.5. The molecular formula is C78H92Cl3F3S. The van der Waals surface area contributed by atoms with Crippen molar-refractivity contribution in [1.29, 1.82) is 0 Å². The van der Waals surface area contributed by atoms with Gasteiger partial charge in [-0.25, -0.2) is 13.2 Å². The lowest BCUT2D eigenvalue weighted by atomic mass is 10.1. The van der Waals surface area contributed by atoms with E-state index in [4.69, 9.17) is 34.8 Å². The number of unbranched alkanes of at least 4 members (excludes halogenated alkanes) is 2. The average molecular weight is 1230 g/mol. The largest absolute Gasteiger partial charge is 0.207 e. The second-order valence-electron chi connectivity index (χ2n) is 20.2. The van der Waals surface area contributed by atoms with Crippen LogP contribution >= 0.6 is 47.4 Å². The van der Waals surface area contributed by atoms with Crippen LogP contribution in [0.5, 0.6) is 0 Å². The fraction of sp³-hybridized carbons (Fsp3) is 0.231. The zero-order valence-corrected chi connectivity index (χ0v) is 55.9. The lowest BCUT2D eigenvalue weighted by Crippen LogP contribution is -1.76. The summed E-state index contributed by atoms with van der Waals surface area (Å²) in [6, 6.07) is 78.4. The van der Waals surface area contributed by atoms with Gasteiger partial charge in [-0.3, -0.25) is 0 Å². The van der Waals surface area contributed by atoms with Crippen molar-refractivity contribution >= 4 is 47.4 Å². The van der Waals surface area contributed by atoms with Gasteiger partial charge in [0.1, 0.15) is 17.5 Å². The van der Waals surface area contributed by atoms with Gasteiger partial charge in [-0.2, -0.15) is 12.6 Å². The lowest BCUT2D eigenvalue weighted by Gasteiger charge is -1.93. The van der Waals surface area contributed by atoms with Crippen LogP contribution < -0.4 is 0 Å². The van der Waals surface area contributed by atoms with Crippen molar-refractivity contribution in [1.82, 2.24) is 0 Å². The first-order valence-electron chi connectivity index (χ1n) is 28.5. The lowest BCUT2D eigenvalue weighted by molar-refractivity contribution is 0.618. The van der Waals surface area contributed by atoms with Gasteiger partial charge in [0.2, 0.25) is 0 Å². The third-order valence-electron chi connectivity index (χ3n) is 11.7. The maximum atomic E-state index is 12.3.